The Morgan fingerprint density at radius 3 is 1.14 bits per heavy atom. The van der Waals surface area contributed by atoms with E-state index in [4.69, 9.17) is 49.0 Å². The molecule has 0 bridgehead atoms. The van der Waals surface area contributed by atoms with Crippen molar-refractivity contribution < 1.29 is 52.6 Å². The molecular weight excluding hydrogens is 1620 g/mol. The standard InChI is InChI=1S/2C26H31FN4O2.C25H34N4O2.C24H32N4O3/c1-30(13-14-32)19-15-21-24(22(27)16-19)28-25(18-7-8-18)29-26(21)31-11-9-17(10-12-31)20-5-3-4-6-23(20)33-2;1-30(15-16-32)21-10-9-20-23(24(21)27)26(29-25(28-20)18-7-8-18)31-13-11-17(12-14-31)19-5-3-4-6-22(19)33-2;1-4-13-28(2)23(30)16-20-17-26-24(19-9-10-19)27-25(20)29-14-11-18(12-15-29)21-7-5-6-8-22(21)31-3;1-27(13-14-29)22(30)15-19-16-25-23(18-7-8-18)26-24(19)28-11-9-17(10-12-28)20-5-3-4-6-21(20)31-2/h3-6,15-18,32H,7-14H2,1-2H3;3-6,9-10,17-18,32H,7-8,11-16H2,1-2H3;5-8,17-19H,4,9-16H2,1-3H3;3-6,16-18,29H,7-15H2,1-2H3. The number of hydrogen-bond donors (Lipinski definition) is 3. The molecule has 4 aliphatic carbocycles. The Morgan fingerprint density at radius 1 is 0.398 bits per heavy atom. The van der Waals surface area contributed by atoms with E-state index in [0.717, 1.165) is 241 Å². The highest BCUT2D eigenvalue weighted by Crippen LogP contribution is 2.48. The fraction of sp³-hybridized carbons (Fsp3) is 0.505. The molecule has 0 unspecified atom stereocenters. The van der Waals surface area contributed by atoms with Crippen LogP contribution in [0.5, 0.6) is 23.0 Å². The van der Waals surface area contributed by atoms with E-state index in [1.54, 1.807) is 58.4 Å². The second kappa shape index (κ2) is 42.8. The van der Waals surface area contributed by atoms with Crippen LogP contribution >= 0.6 is 0 Å². The second-order valence-corrected chi connectivity index (χ2v) is 35.7. The molecule has 2 amide bonds. The number of carbonyl (C=O) groups excluding carboxylic acids is 2. The van der Waals surface area contributed by atoms with Gasteiger partial charge in [-0.1, -0.05) is 79.7 Å². The molecule has 128 heavy (non-hydrogen) atoms. The van der Waals surface area contributed by atoms with Crippen LogP contribution in [0, 0.1) is 11.6 Å². The van der Waals surface area contributed by atoms with Crippen LogP contribution in [-0.4, -0.2) is 232 Å². The van der Waals surface area contributed by atoms with Gasteiger partial charge in [-0.25, -0.2) is 48.7 Å². The normalized spacial score (nSPS) is 16.9. The number of carbonyl (C=O) groups is 2. The summed E-state index contributed by atoms with van der Waals surface area (Å²) in [5, 5.41) is 29.0. The summed E-state index contributed by atoms with van der Waals surface area (Å²) in [4.78, 5) is 79.8. The Morgan fingerprint density at radius 2 is 0.750 bits per heavy atom. The van der Waals surface area contributed by atoms with Gasteiger partial charge in [0, 0.05) is 165 Å². The zero-order chi connectivity index (χ0) is 89.5. The van der Waals surface area contributed by atoms with E-state index in [0.29, 0.717) is 101 Å². The lowest BCUT2D eigenvalue weighted by molar-refractivity contribution is -0.130. The first-order chi connectivity index (χ1) is 62.4. The number of benzene rings is 6. The molecule has 4 saturated heterocycles. The minimum Gasteiger partial charge on any atom is -0.496 e. The molecule has 8 fully saturated rings. The first kappa shape index (κ1) is 91.6. The Balaban J connectivity index is 0.000000131. The summed E-state index contributed by atoms with van der Waals surface area (Å²) < 4.78 is 53.3. The van der Waals surface area contributed by atoms with E-state index >= 15 is 8.78 Å². The third kappa shape index (κ3) is 22.0. The largest absolute Gasteiger partial charge is 0.496 e. The lowest BCUT2D eigenvalue weighted by Crippen LogP contribution is -2.36. The summed E-state index contributed by atoms with van der Waals surface area (Å²) in [5.41, 5.74) is 9.13. The van der Waals surface area contributed by atoms with Crippen molar-refractivity contribution in [2.75, 3.05) is 184 Å². The number of likely N-dealkylation sites (N-methyl/N-ethyl adjacent to an activating group) is 4. The number of piperidine rings is 4. The molecule has 6 aromatic carbocycles. The van der Waals surface area contributed by atoms with Gasteiger partial charge in [-0.3, -0.25) is 9.59 Å². The molecule has 680 valence electrons. The average Bonchev–Trinajstić information content (AvgIpc) is 1.56. The van der Waals surface area contributed by atoms with Crippen molar-refractivity contribution in [2.24, 2.45) is 0 Å². The van der Waals surface area contributed by atoms with E-state index in [2.05, 4.69) is 90.0 Å². The van der Waals surface area contributed by atoms with E-state index in [1.807, 2.05) is 97.0 Å². The van der Waals surface area contributed by atoms with Crippen LogP contribution in [0.25, 0.3) is 21.8 Å². The van der Waals surface area contributed by atoms with Crippen molar-refractivity contribution in [1.82, 2.24) is 49.7 Å². The van der Waals surface area contributed by atoms with Gasteiger partial charge in [0.15, 0.2) is 11.6 Å². The fourth-order valence-corrected chi connectivity index (χ4v) is 18.6. The van der Waals surface area contributed by atoms with Crippen molar-refractivity contribution in [3.63, 3.8) is 0 Å². The number of aromatic nitrogens is 8. The number of halogens is 2. The summed E-state index contributed by atoms with van der Waals surface area (Å²) in [5.74, 6) is 13.6. The maximum Gasteiger partial charge on any atom is 0.227 e. The summed E-state index contributed by atoms with van der Waals surface area (Å²) in [6, 6.07) is 40.2. The number of para-hydroxylation sites is 4. The highest BCUT2D eigenvalue weighted by Gasteiger charge is 2.37. The number of anilines is 6. The maximum atomic E-state index is 15.8. The molecule has 0 atom stereocenters. The van der Waals surface area contributed by atoms with E-state index < -0.39 is 0 Å². The molecule has 0 spiro atoms. The molecule has 10 aromatic rings. The van der Waals surface area contributed by atoms with Crippen LogP contribution in [0.4, 0.5) is 43.4 Å². The highest BCUT2D eigenvalue weighted by atomic mass is 19.1. The van der Waals surface area contributed by atoms with Gasteiger partial charge in [0.2, 0.25) is 11.8 Å². The smallest absolute Gasteiger partial charge is 0.227 e. The molecular formula is C101H128F2N16O9. The third-order valence-electron chi connectivity index (χ3n) is 26.8. The van der Waals surface area contributed by atoms with Crippen LogP contribution in [0.2, 0.25) is 0 Å². The Labute approximate surface area is 752 Å². The highest BCUT2D eigenvalue weighted by molar-refractivity contribution is 5.94. The molecule has 0 radical (unpaired) electrons. The third-order valence-corrected chi connectivity index (χ3v) is 26.8. The number of fused-ring (bicyclic) bond motifs is 2. The molecule has 4 aromatic heterocycles. The van der Waals surface area contributed by atoms with Crippen LogP contribution in [-0.2, 0) is 22.4 Å². The Kier molecular flexibility index (Phi) is 30.7. The molecule has 27 heteroatoms. The SMILES string of the molecule is CCCN(C)C(=O)Cc1cnc(C2CC2)nc1N1CCC(c2ccccc2OC)CC1.COc1ccccc1C1CCN(c2nc(C3CC3)nc3c(F)cc(N(C)CCO)cc23)CC1.COc1ccccc1C1CCN(c2nc(C3CC3)nc3ccc(N(C)CCO)c(F)c23)CC1.COc1ccccc1C1CCN(c2nc(C3CC3)ncc2CC(=O)N(C)CCO)CC1. The van der Waals surface area contributed by atoms with Gasteiger partial charge in [-0.2, -0.15) is 0 Å². The van der Waals surface area contributed by atoms with Crippen LogP contribution in [0.3, 0.4) is 0 Å². The average molecular weight is 1750 g/mol. The first-order valence-corrected chi connectivity index (χ1v) is 46.4. The topological polar surface area (TPSA) is 261 Å². The molecule has 4 aliphatic heterocycles. The van der Waals surface area contributed by atoms with Crippen LogP contribution in [0.15, 0.2) is 134 Å². The van der Waals surface area contributed by atoms with E-state index in [-0.39, 0.29) is 49.7 Å². The summed E-state index contributed by atoms with van der Waals surface area (Å²) in [6.45, 7) is 10.9. The summed E-state index contributed by atoms with van der Waals surface area (Å²) in [6.07, 6.45) is 22.3. The number of rotatable bonds is 30. The molecule has 3 N–H and O–H groups in total. The second-order valence-electron chi connectivity index (χ2n) is 35.7. The van der Waals surface area contributed by atoms with Gasteiger partial charge in [-0.15, -0.1) is 0 Å². The quantitative estimate of drug-likeness (QED) is 0.0378. The van der Waals surface area contributed by atoms with Crippen molar-refractivity contribution in [3.05, 3.63) is 202 Å². The minimum absolute atomic E-state index is 0.0105. The van der Waals surface area contributed by atoms with Gasteiger partial charge in [0.05, 0.1) is 77.7 Å². The van der Waals surface area contributed by atoms with Crippen LogP contribution in [0.1, 0.15) is 220 Å². The van der Waals surface area contributed by atoms with Gasteiger partial charge in [0.25, 0.3) is 0 Å². The number of hydrogen-bond acceptors (Lipinski definition) is 23. The predicted octanol–water partition coefficient (Wildman–Crippen LogP) is 15.8. The lowest BCUT2D eigenvalue weighted by atomic mass is 9.88. The maximum absolute atomic E-state index is 15.8. The van der Waals surface area contributed by atoms with Gasteiger partial charge in [0.1, 0.15) is 75.1 Å². The van der Waals surface area contributed by atoms with Crippen molar-refractivity contribution in [1.29, 1.82) is 0 Å². The van der Waals surface area contributed by atoms with Gasteiger partial charge in [-0.05, 0) is 204 Å². The summed E-state index contributed by atoms with van der Waals surface area (Å²) >= 11 is 0. The zero-order valence-electron chi connectivity index (χ0n) is 76.1. The van der Waals surface area contributed by atoms with E-state index in [1.165, 1.54) is 41.2 Å². The number of aliphatic hydroxyl groups excluding tert-OH is 3. The number of amides is 2. The molecule has 18 rings (SSSR count). The van der Waals surface area contributed by atoms with Gasteiger partial charge < -0.3 is 73.5 Å². The van der Waals surface area contributed by atoms with Crippen molar-refractivity contribution in [3.8, 4) is 23.0 Å². The van der Waals surface area contributed by atoms with Crippen molar-refractivity contribution >= 4 is 68.3 Å². The number of methoxy groups -OCH3 is 4. The molecule has 8 aliphatic rings. The fourth-order valence-electron chi connectivity index (χ4n) is 18.6. The molecule has 25 nitrogen and oxygen atoms in total. The lowest BCUT2D eigenvalue weighted by Gasteiger charge is -2.34. The number of aliphatic hydroxyl groups is 3. The minimum atomic E-state index is -0.332. The monoisotopic (exact) mass is 1750 g/mol. The van der Waals surface area contributed by atoms with E-state index in [9.17, 15) is 19.8 Å². The number of nitrogens with zero attached hydrogens (tertiary/aromatic N) is 16. The molecule has 8 heterocycles. The molecule has 4 saturated carbocycles. The summed E-state index contributed by atoms with van der Waals surface area (Å²) in [7, 11) is 14.2. The number of ether oxygens (including phenoxy) is 4. The zero-order valence-corrected chi connectivity index (χ0v) is 76.1. The predicted molar refractivity (Wildman–Crippen MR) is 500 cm³/mol. The Bertz CT molecular complexity index is 5260. The first-order valence-electron chi connectivity index (χ1n) is 46.4. The van der Waals surface area contributed by atoms with Crippen molar-refractivity contribution in [2.45, 2.75) is 176 Å². The Hall–Kier alpha value is -11.2. The van der Waals surface area contributed by atoms with Crippen LogP contribution < -0.4 is 48.3 Å². The van der Waals surface area contributed by atoms with Gasteiger partial charge >= 0.3 is 0 Å².